The van der Waals surface area contributed by atoms with Gasteiger partial charge < -0.3 is 5.11 Å². The average molecular weight is 320 g/mol. The highest BCUT2D eigenvalue weighted by Crippen LogP contribution is 2.30. The van der Waals surface area contributed by atoms with Crippen LogP contribution in [0.25, 0.3) is 11.4 Å². The SMILES string of the molecule is CC(C)(c1cccc(C(=O)O)n1)c1cccc(-c2ccncn2)n1. The smallest absolute Gasteiger partial charge is 0.354 e. The third kappa shape index (κ3) is 2.99. The van der Waals surface area contributed by atoms with Crippen LogP contribution in [0.4, 0.5) is 0 Å². The fraction of sp³-hybridized carbons (Fsp3) is 0.167. The molecule has 0 saturated carbocycles. The predicted molar refractivity (Wildman–Crippen MR) is 88.6 cm³/mol. The third-order valence-corrected chi connectivity index (χ3v) is 3.84. The number of rotatable bonds is 4. The number of pyridine rings is 2. The van der Waals surface area contributed by atoms with Gasteiger partial charge in [0.15, 0.2) is 0 Å². The number of aromatic carboxylic acids is 1. The van der Waals surface area contributed by atoms with Gasteiger partial charge in [-0.2, -0.15) is 0 Å². The Morgan fingerprint density at radius 3 is 2.33 bits per heavy atom. The van der Waals surface area contributed by atoms with Crippen LogP contribution in [0.2, 0.25) is 0 Å². The molecule has 0 spiro atoms. The molecule has 3 aromatic heterocycles. The molecule has 0 bridgehead atoms. The molecule has 3 rings (SSSR count). The first-order valence-corrected chi connectivity index (χ1v) is 7.43. The van der Waals surface area contributed by atoms with E-state index in [-0.39, 0.29) is 5.69 Å². The summed E-state index contributed by atoms with van der Waals surface area (Å²) < 4.78 is 0. The lowest BCUT2D eigenvalue weighted by molar-refractivity contribution is 0.0690. The lowest BCUT2D eigenvalue weighted by Gasteiger charge is -2.24. The molecular formula is C18H16N4O2. The Labute approximate surface area is 139 Å². The molecule has 0 aliphatic carbocycles. The molecule has 6 heteroatoms. The highest BCUT2D eigenvalue weighted by Gasteiger charge is 2.27. The van der Waals surface area contributed by atoms with E-state index in [1.807, 2.05) is 38.1 Å². The van der Waals surface area contributed by atoms with Crippen molar-refractivity contribution in [2.75, 3.05) is 0 Å². The Morgan fingerprint density at radius 1 is 0.958 bits per heavy atom. The van der Waals surface area contributed by atoms with Crippen LogP contribution in [0.5, 0.6) is 0 Å². The van der Waals surface area contributed by atoms with Gasteiger partial charge in [-0.1, -0.05) is 12.1 Å². The molecule has 120 valence electrons. The van der Waals surface area contributed by atoms with E-state index in [2.05, 4.69) is 19.9 Å². The van der Waals surface area contributed by atoms with Crippen molar-refractivity contribution in [3.63, 3.8) is 0 Å². The molecule has 6 nitrogen and oxygen atoms in total. The van der Waals surface area contributed by atoms with Gasteiger partial charge in [0.1, 0.15) is 12.0 Å². The van der Waals surface area contributed by atoms with Crippen LogP contribution in [-0.2, 0) is 5.41 Å². The van der Waals surface area contributed by atoms with Gasteiger partial charge in [0.25, 0.3) is 0 Å². The summed E-state index contributed by atoms with van der Waals surface area (Å²) in [4.78, 5) is 28.2. The summed E-state index contributed by atoms with van der Waals surface area (Å²) in [5.41, 5.74) is 2.37. The number of carbonyl (C=O) groups is 1. The zero-order valence-corrected chi connectivity index (χ0v) is 13.3. The molecule has 0 radical (unpaired) electrons. The van der Waals surface area contributed by atoms with Crippen molar-refractivity contribution in [1.29, 1.82) is 0 Å². The van der Waals surface area contributed by atoms with Gasteiger partial charge in [0.05, 0.1) is 22.8 Å². The van der Waals surface area contributed by atoms with Crippen LogP contribution in [0, 0.1) is 0 Å². The van der Waals surface area contributed by atoms with E-state index in [9.17, 15) is 4.79 Å². The molecule has 0 saturated heterocycles. The minimum atomic E-state index is -1.05. The van der Waals surface area contributed by atoms with Crippen molar-refractivity contribution in [3.8, 4) is 11.4 Å². The highest BCUT2D eigenvalue weighted by atomic mass is 16.4. The molecule has 0 fully saturated rings. The van der Waals surface area contributed by atoms with Gasteiger partial charge in [-0.25, -0.2) is 19.7 Å². The average Bonchev–Trinajstić information content (AvgIpc) is 2.62. The molecule has 24 heavy (non-hydrogen) atoms. The maximum atomic E-state index is 11.2. The number of aromatic nitrogens is 4. The van der Waals surface area contributed by atoms with Crippen molar-refractivity contribution in [2.24, 2.45) is 0 Å². The van der Waals surface area contributed by atoms with Crippen LogP contribution in [0.1, 0.15) is 35.7 Å². The van der Waals surface area contributed by atoms with Gasteiger partial charge in [-0.05, 0) is 44.2 Å². The maximum absolute atomic E-state index is 11.2. The second-order valence-electron chi connectivity index (χ2n) is 5.84. The quantitative estimate of drug-likeness (QED) is 0.795. The second kappa shape index (κ2) is 6.16. The van der Waals surface area contributed by atoms with Gasteiger partial charge in [-0.3, -0.25) is 4.98 Å². The number of carboxylic acids is 1. The Morgan fingerprint density at radius 2 is 1.67 bits per heavy atom. The third-order valence-electron chi connectivity index (χ3n) is 3.84. The lowest BCUT2D eigenvalue weighted by atomic mass is 9.84. The molecule has 0 aliphatic heterocycles. The fourth-order valence-corrected chi connectivity index (χ4v) is 2.40. The molecule has 3 heterocycles. The molecule has 0 unspecified atom stereocenters. The predicted octanol–water partition coefficient (Wildman–Crippen LogP) is 2.96. The van der Waals surface area contributed by atoms with E-state index in [1.54, 1.807) is 18.3 Å². The normalized spacial score (nSPS) is 11.2. The topological polar surface area (TPSA) is 88.9 Å². The summed E-state index contributed by atoms with van der Waals surface area (Å²) in [7, 11) is 0. The van der Waals surface area contributed by atoms with E-state index in [0.29, 0.717) is 5.69 Å². The van der Waals surface area contributed by atoms with Crippen LogP contribution in [0.3, 0.4) is 0 Å². The van der Waals surface area contributed by atoms with Gasteiger partial charge >= 0.3 is 5.97 Å². The van der Waals surface area contributed by atoms with E-state index < -0.39 is 11.4 Å². The standard InChI is InChI=1S/C18H16N4O2/c1-18(2,16-8-4-6-14(22-16)17(23)24)15-7-3-5-13(21-15)12-9-10-19-11-20-12/h3-11H,1-2H3,(H,23,24). The summed E-state index contributed by atoms with van der Waals surface area (Å²) in [6, 6.07) is 12.5. The number of hydrogen-bond acceptors (Lipinski definition) is 5. The van der Waals surface area contributed by atoms with Crippen LogP contribution in [0.15, 0.2) is 55.0 Å². The molecule has 0 amide bonds. The Hall–Kier alpha value is -3.15. The largest absolute Gasteiger partial charge is 0.477 e. The summed E-state index contributed by atoms with van der Waals surface area (Å²) in [6.45, 7) is 3.93. The monoisotopic (exact) mass is 320 g/mol. The molecule has 0 atom stereocenters. The number of hydrogen-bond donors (Lipinski definition) is 1. The first kappa shape index (κ1) is 15.7. The lowest BCUT2D eigenvalue weighted by Crippen LogP contribution is -2.23. The fourth-order valence-electron chi connectivity index (χ4n) is 2.40. The molecule has 3 aromatic rings. The minimum Gasteiger partial charge on any atom is -0.477 e. The maximum Gasteiger partial charge on any atom is 0.354 e. The summed E-state index contributed by atoms with van der Waals surface area (Å²) >= 11 is 0. The Kier molecular flexibility index (Phi) is 4.04. The highest BCUT2D eigenvalue weighted by molar-refractivity contribution is 5.85. The zero-order valence-electron chi connectivity index (χ0n) is 13.3. The van der Waals surface area contributed by atoms with Crippen molar-refractivity contribution >= 4 is 5.97 Å². The van der Waals surface area contributed by atoms with Crippen molar-refractivity contribution in [2.45, 2.75) is 19.3 Å². The zero-order chi connectivity index (χ0) is 17.2. The van der Waals surface area contributed by atoms with Gasteiger partial charge in [-0.15, -0.1) is 0 Å². The molecule has 0 aliphatic rings. The first-order chi connectivity index (χ1) is 11.5. The van der Waals surface area contributed by atoms with E-state index in [4.69, 9.17) is 5.11 Å². The summed E-state index contributed by atoms with van der Waals surface area (Å²) in [6.07, 6.45) is 3.15. The van der Waals surface area contributed by atoms with Gasteiger partial charge in [0.2, 0.25) is 0 Å². The van der Waals surface area contributed by atoms with Crippen molar-refractivity contribution in [1.82, 2.24) is 19.9 Å². The van der Waals surface area contributed by atoms with Crippen molar-refractivity contribution < 1.29 is 9.90 Å². The molecule has 1 N–H and O–H groups in total. The number of carboxylic acid groups (broad SMARTS) is 1. The van der Waals surface area contributed by atoms with E-state index in [0.717, 1.165) is 17.1 Å². The Balaban J connectivity index is 2.04. The van der Waals surface area contributed by atoms with E-state index in [1.165, 1.54) is 12.4 Å². The molecule has 0 aromatic carbocycles. The first-order valence-electron chi connectivity index (χ1n) is 7.43. The van der Waals surface area contributed by atoms with Crippen LogP contribution >= 0.6 is 0 Å². The second-order valence-corrected chi connectivity index (χ2v) is 5.84. The van der Waals surface area contributed by atoms with E-state index >= 15 is 0 Å². The number of nitrogens with zero attached hydrogens (tertiary/aromatic N) is 4. The van der Waals surface area contributed by atoms with Gasteiger partial charge in [0, 0.05) is 11.6 Å². The summed E-state index contributed by atoms with van der Waals surface area (Å²) in [5, 5.41) is 9.15. The summed E-state index contributed by atoms with van der Waals surface area (Å²) in [5.74, 6) is -1.05. The van der Waals surface area contributed by atoms with Crippen LogP contribution in [-0.4, -0.2) is 31.0 Å². The van der Waals surface area contributed by atoms with Crippen LogP contribution < -0.4 is 0 Å². The minimum absolute atomic E-state index is 0.0209. The Bertz CT molecular complexity index is 879. The molecular weight excluding hydrogens is 304 g/mol. The van der Waals surface area contributed by atoms with Crippen molar-refractivity contribution in [3.05, 3.63) is 72.1 Å².